The van der Waals surface area contributed by atoms with Gasteiger partial charge in [0.2, 0.25) is 11.8 Å². The van der Waals surface area contributed by atoms with Crippen LogP contribution in [0.15, 0.2) is 59.5 Å². The van der Waals surface area contributed by atoms with Gasteiger partial charge in [-0.25, -0.2) is 9.97 Å². The number of nitrogens with zero attached hydrogens (tertiary/aromatic N) is 4. The van der Waals surface area contributed by atoms with Crippen molar-refractivity contribution in [2.24, 2.45) is 5.92 Å². The van der Waals surface area contributed by atoms with E-state index in [2.05, 4.69) is 15.6 Å². The van der Waals surface area contributed by atoms with Crippen LogP contribution in [-0.4, -0.2) is 46.0 Å². The van der Waals surface area contributed by atoms with Gasteiger partial charge in [-0.3, -0.25) is 24.3 Å². The summed E-state index contributed by atoms with van der Waals surface area (Å²) < 4.78 is 43.9. The van der Waals surface area contributed by atoms with Crippen LogP contribution in [0.3, 0.4) is 0 Å². The summed E-state index contributed by atoms with van der Waals surface area (Å²) >= 11 is 6.06. The van der Waals surface area contributed by atoms with Crippen LogP contribution in [0.2, 0.25) is 5.02 Å². The average molecular weight is 679 g/mol. The first-order valence-electron chi connectivity index (χ1n) is 16.2. The number of halogens is 4. The zero-order valence-corrected chi connectivity index (χ0v) is 26.8. The molecule has 0 radical (unpaired) electrons. The number of hydrogen-bond donors (Lipinski definition) is 2. The summed E-state index contributed by atoms with van der Waals surface area (Å²) in [6, 6.07) is 12.6. The van der Waals surface area contributed by atoms with E-state index >= 15 is 0 Å². The number of aromatic nitrogens is 3. The number of anilines is 1. The highest BCUT2D eigenvalue weighted by Gasteiger charge is 2.38. The minimum absolute atomic E-state index is 0.0504. The minimum atomic E-state index is -4.55. The molecule has 48 heavy (non-hydrogen) atoms. The number of carbonyl (C=O) groups is 2. The van der Waals surface area contributed by atoms with Crippen molar-refractivity contribution in [2.75, 3.05) is 24.5 Å². The molecule has 2 N–H and O–H groups in total. The summed E-state index contributed by atoms with van der Waals surface area (Å²) in [6.45, 7) is 2.15. The van der Waals surface area contributed by atoms with E-state index in [0.717, 1.165) is 24.5 Å². The van der Waals surface area contributed by atoms with Crippen LogP contribution >= 0.6 is 11.6 Å². The van der Waals surface area contributed by atoms with Gasteiger partial charge in [0.15, 0.2) is 0 Å². The molecule has 0 bridgehead atoms. The number of hydrogen-bond acceptors (Lipinski definition) is 7. The average Bonchev–Trinajstić information content (AvgIpc) is 3.91. The molecular formula is C35H34ClF3N6O3. The summed E-state index contributed by atoms with van der Waals surface area (Å²) in [5.74, 6) is 0.144. The topological polar surface area (TPSA) is 109 Å². The molecule has 2 saturated heterocycles. The molecule has 250 valence electrons. The summed E-state index contributed by atoms with van der Waals surface area (Å²) in [5, 5.41) is 6.69. The second kappa shape index (κ2) is 13.0. The monoisotopic (exact) mass is 678 g/mol. The number of amides is 2. The molecule has 1 unspecified atom stereocenters. The smallest absolute Gasteiger partial charge is 0.356 e. The number of fused-ring (bicyclic) bond motifs is 1. The SMILES string of the molecule is O=C1CCC(n2c(C3CC3)nc3cc(CNCC4CCN(c5ncc(-c6cccc(Cl)c6)cc5C(F)(F)F)CC4)ccc3c2=O)C(=O)N1. The molecule has 7 rings (SSSR count). The van der Waals surface area contributed by atoms with Crippen molar-refractivity contribution in [2.45, 2.75) is 63.2 Å². The minimum Gasteiger partial charge on any atom is -0.356 e. The molecule has 13 heteroatoms. The number of benzene rings is 2. The third-order valence-corrected chi connectivity index (χ3v) is 9.70. The van der Waals surface area contributed by atoms with E-state index in [0.29, 0.717) is 71.9 Å². The largest absolute Gasteiger partial charge is 0.419 e. The number of alkyl halides is 3. The zero-order chi connectivity index (χ0) is 33.6. The lowest BCUT2D eigenvalue weighted by Crippen LogP contribution is -2.45. The highest BCUT2D eigenvalue weighted by atomic mass is 35.5. The lowest BCUT2D eigenvalue weighted by molar-refractivity contribution is -0.138. The molecule has 1 aliphatic carbocycles. The molecule has 1 atom stereocenters. The Balaban J connectivity index is 0.996. The molecule has 2 amide bonds. The molecule has 1 saturated carbocycles. The second-order valence-electron chi connectivity index (χ2n) is 12.9. The van der Waals surface area contributed by atoms with Crippen molar-refractivity contribution in [3.05, 3.63) is 87.1 Å². The molecule has 4 heterocycles. The quantitative estimate of drug-likeness (QED) is 0.220. The van der Waals surface area contributed by atoms with Crippen molar-refractivity contribution in [3.8, 4) is 11.1 Å². The van der Waals surface area contributed by atoms with Crippen molar-refractivity contribution in [1.29, 1.82) is 0 Å². The van der Waals surface area contributed by atoms with Crippen molar-refractivity contribution in [3.63, 3.8) is 0 Å². The summed E-state index contributed by atoms with van der Waals surface area (Å²) in [6.07, 6.45) is 0.590. The van der Waals surface area contributed by atoms with E-state index in [-0.39, 0.29) is 42.0 Å². The van der Waals surface area contributed by atoms with E-state index < -0.39 is 23.7 Å². The van der Waals surface area contributed by atoms with Crippen molar-refractivity contribution < 1.29 is 22.8 Å². The third-order valence-electron chi connectivity index (χ3n) is 9.46. The number of nitrogens with one attached hydrogen (secondary N) is 2. The van der Waals surface area contributed by atoms with E-state index in [1.165, 1.54) is 10.8 Å². The van der Waals surface area contributed by atoms with Gasteiger partial charge in [0.25, 0.3) is 5.56 Å². The highest BCUT2D eigenvalue weighted by Crippen LogP contribution is 2.41. The lowest BCUT2D eigenvalue weighted by atomic mass is 9.96. The van der Waals surface area contributed by atoms with Gasteiger partial charge in [-0.1, -0.05) is 29.8 Å². The van der Waals surface area contributed by atoms with Gasteiger partial charge in [0, 0.05) is 48.8 Å². The molecule has 2 aromatic heterocycles. The summed E-state index contributed by atoms with van der Waals surface area (Å²) in [7, 11) is 0. The normalized spacial score (nSPS) is 19.2. The van der Waals surface area contributed by atoms with Gasteiger partial charge in [-0.2, -0.15) is 13.2 Å². The maximum Gasteiger partial charge on any atom is 0.419 e. The molecule has 3 aliphatic rings. The fourth-order valence-corrected chi connectivity index (χ4v) is 6.93. The van der Waals surface area contributed by atoms with Gasteiger partial charge < -0.3 is 10.2 Å². The van der Waals surface area contributed by atoms with Crippen molar-refractivity contribution >= 4 is 40.1 Å². The Bertz CT molecular complexity index is 1950. The second-order valence-corrected chi connectivity index (χ2v) is 13.3. The maximum atomic E-state index is 14.1. The molecule has 2 aromatic carbocycles. The molecule has 4 aromatic rings. The predicted molar refractivity (Wildman–Crippen MR) is 176 cm³/mol. The van der Waals surface area contributed by atoms with Crippen LogP contribution < -0.4 is 21.1 Å². The first-order chi connectivity index (χ1) is 23.0. The van der Waals surface area contributed by atoms with Crippen LogP contribution in [0, 0.1) is 5.92 Å². The van der Waals surface area contributed by atoms with Crippen molar-refractivity contribution in [1.82, 2.24) is 25.2 Å². The molecule has 0 spiro atoms. The van der Waals surface area contributed by atoms with Gasteiger partial charge in [-0.05, 0) is 86.0 Å². The Morgan fingerprint density at radius 3 is 2.46 bits per heavy atom. The fourth-order valence-electron chi connectivity index (χ4n) is 6.74. The van der Waals surface area contributed by atoms with Crippen LogP contribution in [-0.2, 0) is 22.3 Å². The standard InChI is InChI=1S/C35H34ClF3N6O3/c36-25-3-1-2-23(15-25)24-16-27(35(37,38)39)32(41-19-24)44-12-10-20(11-13-44)17-40-18-21-4-7-26-28(14-21)42-31(22-5-6-22)45(34(26)48)29-8-9-30(46)43-33(29)47/h1-4,7,14-16,19-20,22,29,40H,5-6,8-13,17-18H2,(H,43,46,47). The Kier molecular flexibility index (Phi) is 8.71. The predicted octanol–water partition coefficient (Wildman–Crippen LogP) is 5.99. The number of piperidine rings is 2. The van der Waals surface area contributed by atoms with Crippen LogP contribution in [0.5, 0.6) is 0 Å². The van der Waals surface area contributed by atoms with Crippen LogP contribution in [0.25, 0.3) is 22.0 Å². The molecular weight excluding hydrogens is 645 g/mol. The highest BCUT2D eigenvalue weighted by molar-refractivity contribution is 6.30. The van der Waals surface area contributed by atoms with Gasteiger partial charge in [-0.15, -0.1) is 0 Å². The Morgan fingerprint density at radius 1 is 0.958 bits per heavy atom. The third kappa shape index (κ3) is 6.68. The van der Waals surface area contributed by atoms with Crippen LogP contribution in [0.4, 0.5) is 19.0 Å². The maximum absolute atomic E-state index is 14.1. The van der Waals surface area contributed by atoms with Gasteiger partial charge in [0.05, 0.1) is 16.5 Å². The molecule has 3 fully saturated rings. The number of imide groups is 1. The lowest BCUT2D eigenvalue weighted by Gasteiger charge is -2.34. The Labute approximate surface area is 279 Å². The first kappa shape index (κ1) is 32.3. The molecule has 9 nitrogen and oxygen atoms in total. The molecule has 2 aliphatic heterocycles. The zero-order valence-electron chi connectivity index (χ0n) is 26.0. The van der Waals surface area contributed by atoms with E-state index in [9.17, 15) is 27.6 Å². The van der Waals surface area contributed by atoms with E-state index in [1.54, 1.807) is 35.2 Å². The van der Waals surface area contributed by atoms with Gasteiger partial charge in [0.1, 0.15) is 17.7 Å². The fraction of sp³-hybridized carbons (Fsp3) is 0.400. The van der Waals surface area contributed by atoms with Gasteiger partial charge >= 0.3 is 6.18 Å². The number of pyridine rings is 1. The summed E-state index contributed by atoms with van der Waals surface area (Å²) in [4.78, 5) is 48.8. The first-order valence-corrected chi connectivity index (χ1v) is 16.6. The Morgan fingerprint density at radius 2 is 1.75 bits per heavy atom. The number of rotatable bonds is 8. The summed E-state index contributed by atoms with van der Waals surface area (Å²) in [5.41, 5.74) is 1.44. The Hall–Kier alpha value is -4.29. The van der Waals surface area contributed by atoms with Crippen LogP contribution in [0.1, 0.15) is 67.4 Å². The van der Waals surface area contributed by atoms with E-state index in [1.807, 2.05) is 12.1 Å². The number of carbonyl (C=O) groups excluding carboxylic acids is 2. The van der Waals surface area contributed by atoms with E-state index in [4.69, 9.17) is 16.6 Å².